The van der Waals surface area contributed by atoms with E-state index in [-0.39, 0.29) is 36.2 Å². The maximum Gasteiger partial charge on any atom is 0.347 e. The summed E-state index contributed by atoms with van der Waals surface area (Å²) in [6, 6.07) is 13.7. The summed E-state index contributed by atoms with van der Waals surface area (Å²) >= 11 is 0. The number of aliphatic hydroxyl groups is 2. The predicted molar refractivity (Wildman–Crippen MR) is 147 cm³/mol. The molecule has 2 aromatic carbocycles. The van der Waals surface area contributed by atoms with Crippen molar-refractivity contribution in [1.82, 2.24) is 0 Å². The Morgan fingerprint density at radius 3 is 2.69 bits per heavy atom. The van der Waals surface area contributed by atoms with Gasteiger partial charge in [-0.1, -0.05) is 68.5 Å². The van der Waals surface area contributed by atoms with Crippen LogP contribution in [0.5, 0.6) is 5.75 Å². The van der Waals surface area contributed by atoms with E-state index in [4.69, 9.17) is 14.2 Å². The molecule has 0 amide bonds. The number of fused-ring (bicyclic) bond motifs is 2. The molecule has 1 fully saturated rings. The van der Waals surface area contributed by atoms with Gasteiger partial charge in [-0.05, 0) is 48.1 Å². The maximum atomic E-state index is 13.5. The van der Waals surface area contributed by atoms with Gasteiger partial charge in [0, 0.05) is 24.1 Å². The van der Waals surface area contributed by atoms with E-state index < -0.39 is 30.4 Å². The highest BCUT2D eigenvalue weighted by Crippen LogP contribution is 2.44. The highest BCUT2D eigenvalue weighted by Gasteiger charge is 2.43. The standard InChI is InChI=1S/C32H38O7/c1-3-27(38-28-10-6-8-20-7-4-5-9-26(20)28)32(36)39-29-17-22(33)15-21-12-11-19(2)25(31(21)29)14-13-24-16-23(34)18-30(35)37-24/h4-12,15,19,22-25,27,29,31,33-34H,3,13-14,16-18H2,1-2H3/t19-,22+,23+,24+,25-,27?,29-,31-/m0/s1. The molecule has 1 heterocycles. The molecule has 0 saturated carbocycles. The number of carbonyl (C=O) groups is 2. The lowest BCUT2D eigenvalue weighted by atomic mass is 9.66. The summed E-state index contributed by atoms with van der Waals surface area (Å²) in [7, 11) is 0. The van der Waals surface area contributed by atoms with Crippen LogP contribution in [0.3, 0.4) is 0 Å². The van der Waals surface area contributed by atoms with Crippen molar-refractivity contribution in [2.75, 3.05) is 0 Å². The SMILES string of the molecule is CCC(Oc1cccc2ccccc12)C(=O)O[C@H]1C[C@H](O)C=C2C=C[C@H](C)[C@H](CC[C@@H]3C[C@@H](O)CC(=O)O3)[C@H]21. The maximum absolute atomic E-state index is 13.5. The monoisotopic (exact) mass is 534 g/mol. The van der Waals surface area contributed by atoms with Crippen LogP contribution in [0.25, 0.3) is 10.8 Å². The third kappa shape index (κ3) is 6.20. The van der Waals surface area contributed by atoms with E-state index in [0.717, 1.165) is 22.8 Å². The van der Waals surface area contributed by atoms with Crippen LogP contribution in [0.4, 0.5) is 0 Å². The fraction of sp³-hybridized carbons (Fsp3) is 0.500. The molecule has 0 bridgehead atoms. The zero-order chi connectivity index (χ0) is 27.5. The smallest absolute Gasteiger partial charge is 0.347 e. The van der Waals surface area contributed by atoms with Crippen LogP contribution in [0.15, 0.2) is 66.3 Å². The summed E-state index contributed by atoms with van der Waals surface area (Å²) in [6.45, 7) is 4.04. The van der Waals surface area contributed by atoms with Crippen molar-refractivity contribution in [1.29, 1.82) is 0 Å². The summed E-state index contributed by atoms with van der Waals surface area (Å²) in [5, 5.41) is 22.6. The van der Waals surface area contributed by atoms with Gasteiger partial charge in [-0.2, -0.15) is 0 Å². The van der Waals surface area contributed by atoms with E-state index >= 15 is 0 Å². The third-order valence-corrected chi connectivity index (χ3v) is 8.35. The number of esters is 2. The quantitative estimate of drug-likeness (QED) is 0.465. The zero-order valence-electron chi connectivity index (χ0n) is 22.6. The van der Waals surface area contributed by atoms with E-state index in [1.54, 1.807) is 0 Å². The average Bonchev–Trinajstić information content (AvgIpc) is 2.90. The molecule has 2 N–H and O–H groups in total. The van der Waals surface area contributed by atoms with Crippen molar-refractivity contribution in [2.45, 2.75) is 82.9 Å². The average molecular weight is 535 g/mol. The van der Waals surface area contributed by atoms with Gasteiger partial charge in [0.25, 0.3) is 0 Å². The Morgan fingerprint density at radius 1 is 1.10 bits per heavy atom. The van der Waals surface area contributed by atoms with Gasteiger partial charge in [-0.3, -0.25) is 4.79 Å². The van der Waals surface area contributed by atoms with E-state index in [1.165, 1.54) is 0 Å². The minimum atomic E-state index is -0.777. The largest absolute Gasteiger partial charge is 0.478 e. The summed E-state index contributed by atoms with van der Waals surface area (Å²) < 4.78 is 17.8. The normalized spacial score (nSPS) is 31.1. The van der Waals surface area contributed by atoms with E-state index in [9.17, 15) is 19.8 Å². The van der Waals surface area contributed by atoms with Crippen molar-refractivity contribution in [3.8, 4) is 5.75 Å². The first-order valence-corrected chi connectivity index (χ1v) is 14.1. The van der Waals surface area contributed by atoms with Gasteiger partial charge in [-0.25, -0.2) is 4.79 Å². The molecule has 5 rings (SSSR count). The lowest BCUT2D eigenvalue weighted by Gasteiger charge is -2.43. The number of benzene rings is 2. The molecule has 7 heteroatoms. The molecule has 0 radical (unpaired) electrons. The molecule has 0 spiro atoms. The lowest BCUT2D eigenvalue weighted by Crippen LogP contribution is -2.44. The molecule has 2 aromatic rings. The van der Waals surface area contributed by atoms with Gasteiger partial charge in [-0.15, -0.1) is 0 Å². The number of hydrogen-bond acceptors (Lipinski definition) is 7. The molecule has 3 aliphatic rings. The first-order chi connectivity index (χ1) is 18.8. The minimum Gasteiger partial charge on any atom is -0.478 e. The number of rotatable bonds is 8. The van der Waals surface area contributed by atoms with Crippen LogP contribution in [0, 0.1) is 17.8 Å². The summed E-state index contributed by atoms with van der Waals surface area (Å²) in [5.74, 6) is 0.0914. The van der Waals surface area contributed by atoms with Crippen LogP contribution < -0.4 is 4.74 Å². The Hall–Kier alpha value is -3.16. The second-order valence-corrected chi connectivity index (χ2v) is 11.1. The van der Waals surface area contributed by atoms with Gasteiger partial charge in [0.05, 0.1) is 18.6 Å². The van der Waals surface area contributed by atoms with Gasteiger partial charge in [0.15, 0.2) is 6.10 Å². The van der Waals surface area contributed by atoms with Crippen molar-refractivity contribution in [2.24, 2.45) is 17.8 Å². The van der Waals surface area contributed by atoms with Gasteiger partial charge < -0.3 is 24.4 Å². The molecule has 1 saturated heterocycles. The molecule has 1 aliphatic heterocycles. The van der Waals surface area contributed by atoms with E-state index in [0.29, 0.717) is 31.4 Å². The van der Waals surface area contributed by atoms with Crippen LogP contribution in [0.2, 0.25) is 0 Å². The highest BCUT2D eigenvalue weighted by atomic mass is 16.6. The zero-order valence-corrected chi connectivity index (χ0v) is 22.6. The molecule has 39 heavy (non-hydrogen) atoms. The second kappa shape index (κ2) is 11.9. The third-order valence-electron chi connectivity index (χ3n) is 8.35. The Labute approximate surface area is 229 Å². The number of cyclic esters (lactones) is 1. The molecule has 208 valence electrons. The summed E-state index contributed by atoms with van der Waals surface area (Å²) in [6.07, 6.45) is 5.66. The number of allylic oxidation sites excluding steroid dienone is 2. The van der Waals surface area contributed by atoms with Crippen molar-refractivity contribution in [3.05, 3.63) is 66.3 Å². The Bertz CT molecular complexity index is 1240. The van der Waals surface area contributed by atoms with Crippen LogP contribution >= 0.6 is 0 Å². The Morgan fingerprint density at radius 2 is 1.90 bits per heavy atom. The number of hydrogen-bond donors (Lipinski definition) is 2. The van der Waals surface area contributed by atoms with Crippen LogP contribution in [-0.2, 0) is 19.1 Å². The Balaban J connectivity index is 1.31. The van der Waals surface area contributed by atoms with Crippen LogP contribution in [0.1, 0.15) is 52.4 Å². The van der Waals surface area contributed by atoms with Gasteiger partial charge in [0.2, 0.25) is 0 Å². The number of carbonyl (C=O) groups excluding carboxylic acids is 2. The van der Waals surface area contributed by atoms with E-state index in [1.807, 2.05) is 61.5 Å². The topological polar surface area (TPSA) is 102 Å². The molecule has 1 unspecified atom stereocenters. The van der Waals surface area contributed by atoms with E-state index in [2.05, 4.69) is 13.0 Å². The van der Waals surface area contributed by atoms with Gasteiger partial charge in [0.1, 0.15) is 18.0 Å². The molecular weight excluding hydrogens is 496 g/mol. The van der Waals surface area contributed by atoms with Gasteiger partial charge >= 0.3 is 11.9 Å². The molecular formula is C32H38O7. The molecule has 7 nitrogen and oxygen atoms in total. The number of ether oxygens (including phenoxy) is 3. The molecule has 2 aliphatic carbocycles. The summed E-state index contributed by atoms with van der Waals surface area (Å²) in [4.78, 5) is 25.3. The summed E-state index contributed by atoms with van der Waals surface area (Å²) in [5.41, 5.74) is 0.971. The highest BCUT2D eigenvalue weighted by molar-refractivity contribution is 5.88. The van der Waals surface area contributed by atoms with Crippen molar-refractivity contribution in [3.63, 3.8) is 0 Å². The van der Waals surface area contributed by atoms with Crippen molar-refractivity contribution < 1.29 is 34.0 Å². The molecule has 0 aromatic heterocycles. The first kappa shape index (κ1) is 27.4. The number of aliphatic hydroxyl groups excluding tert-OH is 2. The lowest BCUT2D eigenvalue weighted by molar-refractivity contribution is -0.164. The minimum absolute atomic E-state index is 0.0456. The fourth-order valence-electron chi connectivity index (χ4n) is 6.38. The predicted octanol–water partition coefficient (Wildman–Crippen LogP) is 4.89. The second-order valence-electron chi connectivity index (χ2n) is 11.1. The first-order valence-electron chi connectivity index (χ1n) is 14.1. The fourth-order valence-corrected chi connectivity index (χ4v) is 6.38. The molecule has 8 atom stereocenters. The van der Waals surface area contributed by atoms with Crippen molar-refractivity contribution >= 4 is 22.7 Å². The van der Waals surface area contributed by atoms with Crippen LogP contribution in [-0.4, -0.2) is 52.7 Å². The Kier molecular flexibility index (Phi) is 8.38.